The number of hydrogen-bond donors (Lipinski definition) is 0. The van der Waals surface area contributed by atoms with Gasteiger partial charge < -0.3 is 4.90 Å². The Balaban J connectivity index is 2.22. The largest absolute Gasteiger partial charge is 0.303 e. The summed E-state index contributed by atoms with van der Waals surface area (Å²) in [5.74, 6) is 2.86. The molecule has 0 N–H and O–H groups in total. The third kappa shape index (κ3) is 3.80. The Morgan fingerprint density at radius 3 is 2.80 bits per heavy atom. The molecule has 0 spiro atoms. The molecule has 2 heterocycles. The van der Waals surface area contributed by atoms with Crippen molar-refractivity contribution in [3.05, 3.63) is 16.2 Å². The maximum absolute atomic E-state index is 4.67. The second kappa shape index (κ2) is 7.19. The Kier molecular flexibility index (Phi) is 5.56. The van der Waals surface area contributed by atoms with Crippen LogP contribution in [0.1, 0.15) is 17.8 Å². The molecule has 0 atom stereocenters. The van der Waals surface area contributed by atoms with Crippen LogP contribution in [0.5, 0.6) is 0 Å². The van der Waals surface area contributed by atoms with Gasteiger partial charge in [0.1, 0.15) is 10.7 Å². The molecule has 0 saturated carbocycles. The first kappa shape index (κ1) is 15.5. The van der Waals surface area contributed by atoms with Crippen LogP contribution in [0.15, 0.2) is 5.38 Å². The second-order valence-corrected chi connectivity index (χ2v) is 6.70. The summed E-state index contributed by atoms with van der Waals surface area (Å²) in [5.41, 5.74) is 0.941. The maximum atomic E-state index is 4.67. The molecule has 0 bridgehead atoms. The number of nitrogens with zero attached hydrogens (tertiary/aromatic N) is 5. The minimum absolute atomic E-state index is 0.822. The van der Waals surface area contributed by atoms with Gasteiger partial charge in [-0.3, -0.25) is 0 Å². The molecular formula is C13H21N5S2. The minimum atomic E-state index is 0.822. The molecule has 5 nitrogen and oxygen atoms in total. The Morgan fingerprint density at radius 1 is 1.35 bits per heavy atom. The van der Waals surface area contributed by atoms with Crippen LogP contribution < -0.4 is 0 Å². The van der Waals surface area contributed by atoms with Gasteiger partial charge in [-0.05, 0) is 27.3 Å². The Bertz CT molecular complexity index is 547. The Hall–Kier alpha value is -0.920. The highest BCUT2D eigenvalue weighted by molar-refractivity contribution is 7.98. The molecule has 0 aromatic carbocycles. The van der Waals surface area contributed by atoms with Crippen LogP contribution in [0.4, 0.5) is 0 Å². The summed E-state index contributed by atoms with van der Waals surface area (Å²) in [6.45, 7) is 3.77. The molecule has 0 radical (unpaired) electrons. The van der Waals surface area contributed by atoms with Crippen molar-refractivity contribution < 1.29 is 0 Å². The highest BCUT2D eigenvalue weighted by atomic mass is 32.2. The highest BCUT2D eigenvalue weighted by Gasteiger charge is 2.14. The molecule has 7 heteroatoms. The molecule has 2 aromatic heterocycles. The van der Waals surface area contributed by atoms with Gasteiger partial charge >= 0.3 is 0 Å². The van der Waals surface area contributed by atoms with Gasteiger partial charge in [-0.25, -0.2) is 14.6 Å². The number of thioether (sulfide) groups is 1. The second-order valence-electron chi connectivity index (χ2n) is 4.77. The van der Waals surface area contributed by atoms with Crippen LogP contribution >= 0.6 is 23.1 Å². The lowest BCUT2D eigenvalue weighted by atomic mass is 10.4. The van der Waals surface area contributed by atoms with Crippen molar-refractivity contribution in [2.75, 3.05) is 26.1 Å². The van der Waals surface area contributed by atoms with Gasteiger partial charge in [0.05, 0.1) is 0 Å². The molecule has 0 unspecified atom stereocenters. The zero-order chi connectivity index (χ0) is 14.5. The molecule has 0 saturated heterocycles. The lowest BCUT2D eigenvalue weighted by Crippen LogP contribution is -2.10. The normalized spacial score (nSPS) is 11.4. The van der Waals surface area contributed by atoms with Crippen molar-refractivity contribution in [3.8, 4) is 11.5 Å². The third-order valence-electron chi connectivity index (χ3n) is 2.78. The standard InChI is InChI=1S/C13H21N5S2/c1-5-18-13(15-11(16-18)6-7-19-4)10-9-20-12(14-10)8-17(2)3/h9H,5-8H2,1-4H3. The van der Waals surface area contributed by atoms with Crippen molar-refractivity contribution in [2.24, 2.45) is 0 Å². The molecular weight excluding hydrogens is 290 g/mol. The number of rotatable bonds is 7. The van der Waals surface area contributed by atoms with E-state index in [1.807, 2.05) is 16.4 Å². The Morgan fingerprint density at radius 2 is 2.15 bits per heavy atom. The summed E-state index contributed by atoms with van der Waals surface area (Å²) in [5, 5.41) is 7.75. The van der Waals surface area contributed by atoms with E-state index in [9.17, 15) is 0 Å². The summed E-state index contributed by atoms with van der Waals surface area (Å²) in [4.78, 5) is 11.4. The number of aryl methyl sites for hydroxylation is 2. The molecule has 20 heavy (non-hydrogen) atoms. The maximum Gasteiger partial charge on any atom is 0.177 e. The van der Waals surface area contributed by atoms with Crippen LogP contribution in [-0.2, 0) is 19.5 Å². The van der Waals surface area contributed by atoms with E-state index in [1.54, 1.807) is 11.3 Å². The number of thiazole rings is 1. The minimum Gasteiger partial charge on any atom is -0.303 e. The van der Waals surface area contributed by atoms with Crippen LogP contribution in [0.2, 0.25) is 0 Å². The predicted octanol–water partition coefficient (Wildman–Crippen LogP) is 2.39. The van der Waals surface area contributed by atoms with Gasteiger partial charge in [0, 0.05) is 30.6 Å². The molecule has 110 valence electrons. The van der Waals surface area contributed by atoms with Gasteiger partial charge in [0.2, 0.25) is 0 Å². The van der Waals surface area contributed by atoms with Crippen molar-refractivity contribution in [1.29, 1.82) is 0 Å². The summed E-state index contributed by atoms with van der Waals surface area (Å²) < 4.78 is 1.95. The molecule has 0 aliphatic heterocycles. The van der Waals surface area contributed by atoms with Crippen molar-refractivity contribution in [1.82, 2.24) is 24.6 Å². The zero-order valence-electron chi connectivity index (χ0n) is 12.5. The number of hydrogen-bond acceptors (Lipinski definition) is 6. The monoisotopic (exact) mass is 311 g/mol. The molecule has 0 aliphatic rings. The van der Waals surface area contributed by atoms with E-state index in [4.69, 9.17) is 0 Å². The molecule has 2 rings (SSSR count). The van der Waals surface area contributed by atoms with E-state index in [2.05, 4.69) is 52.6 Å². The topological polar surface area (TPSA) is 46.8 Å². The van der Waals surface area contributed by atoms with Gasteiger partial charge in [0.25, 0.3) is 0 Å². The molecule has 0 aliphatic carbocycles. The first-order valence-electron chi connectivity index (χ1n) is 6.66. The first-order chi connectivity index (χ1) is 9.63. The molecule has 0 amide bonds. The summed E-state index contributed by atoms with van der Waals surface area (Å²) >= 11 is 3.50. The fourth-order valence-electron chi connectivity index (χ4n) is 1.85. The van der Waals surface area contributed by atoms with Gasteiger partial charge in [-0.1, -0.05) is 0 Å². The quantitative estimate of drug-likeness (QED) is 0.786. The van der Waals surface area contributed by atoms with E-state index in [-0.39, 0.29) is 0 Å². The highest BCUT2D eigenvalue weighted by Crippen LogP contribution is 2.21. The summed E-state index contributed by atoms with van der Waals surface area (Å²) in [6.07, 6.45) is 3.02. The summed E-state index contributed by atoms with van der Waals surface area (Å²) in [7, 11) is 4.10. The average molecular weight is 311 g/mol. The predicted molar refractivity (Wildman–Crippen MR) is 86.3 cm³/mol. The van der Waals surface area contributed by atoms with Gasteiger partial charge in [-0.15, -0.1) is 11.3 Å². The van der Waals surface area contributed by atoms with Crippen molar-refractivity contribution in [3.63, 3.8) is 0 Å². The van der Waals surface area contributed by atoms with E-state index in [1.165, 1.54) is 0 Å². The van der Waals surface area contributed by atoms with E-state index in [0.717, 1.165) is 47.6 Å². The van der Waals surface area contributed by atoms with Gasteiger partial charge in [-0.2, -0.15) is 16.9 Å². The van der Waals surface area contributed by atoms with Crippen molar-refractivity contribution in [2.45, 2.75) is 26.4 Å². The zero-order valence-corrected chi connectivity index (χ0v) is 14.1. The number of aromatic nitrogens is 4. The van der Waals surface area contributed by atoms with Crippen LogP contribution in [-0.4, -0.2) is 50.8 Å². The third-order valence-corrected chi connectivity index (χ3v) is 4.22. The molecule has 2 aromatic rings. The smallest absolute Gasteiger partial charge is 0.177 e. The van der Waals surface area contributed by atoms with E-state index >= 15 is 0 Å². The van der Waals surface area contributed by atoms with Gasteiger partial charge in [0.15, 0.2) is 11.6 Å². The van der Waals surface area contributed by atoms with Crippen LogP contribution in [0, 0.1) is 0 Å². The lowest BCUT2D eigenvalue weighted by Gasteiger charge is -2.05. The van der Waals surface area contributed by atoms with E-state index in [0.29, 0.717) is 0 Å². The molecule has 0 fully saturated rings. The van der Waals surface area contributed by atoms with E-state index < -0.39 is 0 Å². The average Bonchev–Trinajstić information content (AvgIpc) is 3.01. The fourth-order valence-corrected chi connectivity index (χ4v) is 3.13. The summed E-state index contributed by atoms with van der Waals surface area (Å²) in [6, 6.07) is 0. The van der Waals surface area contributed by atoms with Crippen molar-refractivity contribution >= 4 is 23.1 Å². The Labute approximate surface area is 128 Å². The SMILES string of the molecule is CCn1nc(CCSC)nc1-c1csc(CN(C)C)n1. The fraction of sp³-hybridized carbons (Fsp3) is 0.615. The lowest BCUT2D eigenvalue weighted by molar-refractivity contribution is 0.401. The van der Waals surface area contributed by atoms with Crippen LogP contribution in [0.25, 0.3) is 11.5 Å². The first-order valence-corrected chi connectivity index (χ1v) is 8.93. The van der Waals surface area contributed by atoms with Crippen LogP contribution in [0.3, 0.4) is 0 Å².